The maximum Gasteiger partial charge on any atom is 0.240 e. The predicted octanol–water partition coefficient (Wildman–Crippen LogP) is 1.67. The Balaban J connectivity index is 1.89. The number of halogens is 2. The summed E-state index contributed by atoms with van der Waals surface area (Å²) < 4.78 is 51.8. The number of amides is 1. The number of benzene rings is 1. The molecule has 0 atom stereocenters. The Labute approximate surface area is 131 Å². The number of nitrogens with one attached hydrogen (secondary N) is 2. The molecule has 1 heterocycles. The van der Waals surface area contributed by atoms with E-state index in [0.717, 1.165) is 12.1 Å². The van der Waals surface area contributed by atoms with Gasteiger partial charge in [-0.1, -0.05) is 0 Å². The van der Waals surface area contributed by atoms with Crippen molar-refractivity contribution < 1.29 is 22.0 Å². The van der Waals surface area contributed by atoms with Crippen LogP contribution in [-0.4, -0.2) is 25.9 Å². The minimum Gasteiger partial charge on any atom is -0.326 e. The number of sulfonamides is 1. The Hall–Kier alpha value is -2.39. The van der Waals surface area contributed by atoms with Gasteiger partial charge in [-0.25, -0.2) is 21.9 Å². The zero-order valence-electron chi connectivity index (χ0n) is 11.8. The van der Waals surface area contributed by atoms with Crippen molar-refractivity contribution in [3.8, 4) is 0 Å². The molecule has 0 spiro atoms. The van der Waals surface area contributed by atoms with Crippen LogP contribution in [0, 0.1) is 11.6 Å². The van der Waals surface area contributed by atoms with Gasteiger partial charge in [0.1, 0.15) is 0 Å². The second-order valence-electron chi connectivity index (χ2n) is 4.51. The summed E-state index contributed by atoms with van der Waals surface area (Å²) in [5.41, 5.74) is 0.536. The fourth-order valence-electron chi connectivity index (χ4n) is 1.69. The van der Waals surface area contributed by atoms with E-state index in [2.05, 4.69) is 15.0 Å². The third-order valence-corrected chi connectivity index (χ3v) is 4.27. The van der Waals surface area contributed by atoms with Gasteiger partial charge < -0.3 is 5.32 Å². The SMILES string of the molecule is O=C(CCNS(=O)(=O)c1ccc(F)c(F)c1)Nc1ccncc1. The third kappa shape index (κ3) is 4.80. The summed E-state index contributed by atoms with van der Waals surface area (Å²) in [7, 11) is -4.01. The van der Waals surface area contributed by atoms with Crippen LogP contribution in [0.5, 0.6) is 0 Å². The Kier molecular flexibility index (Phi) is 5.35. The van der Waals surface area contributed by atoms with E-state index in [1.54, 1.807) is 12.1 Å². The number of carbonyl (C=O) groups excluding carboxylic acids is 1. The predicted molar refractivity (Wildman–Crippen MR) is 79.0 cm³/mol. The van der Waals surface area contributed by atoms with Crippen LogP contribution >= 0.6 is 0 Å². The van der Waals surface area contributed by atoms with Crippen molar-refractivity contribution in [1.29, 1.82) is 0 Å². The minimum absolute atomic E-state index is 0.120. The monoisotopic (exact) mass is 341 g/mol. The Bertz CT molecular complexity index is 798. The molecule has 1 aromatic carbocycles. The van der Waals surface area contributed by atoms with Crippen molar-refractivity contribution in [2.45, 2.75) is 11.3 Å². The van der Waals surface area contributed by atoms with Gasteiger partial charge in [0.05, 0.1) is 4.90 Å². The number of aromatic nitrogens is 1. The minimum atomic E-state index is -4.01. The normalized spacial score (nSPS) is 11.2. The van der Waals surface area contributed by atoms with Crippen molar-refractivity contribution in [2.75, 3.05) is 11.9 Å². The quantitative estimate of drug-likeness (QED) is 0.836. The summed E-state index contributed by atoms with van der Waals surface area (Å²) in [4.78, 5) is 15.0. The van der Waals surface area contributed by atoms with Gasteiger partial charge in [-0.2, -0.15) is 0 Å². The number of nitrogens with zero attached hydrogens (tertiary/aromatic N) is 1. The molecule has 6 nitrogen and oxygen atoms in total. The van der Waals surface area contributed by atoms with Gasteiger partial charge in [-0.3, -0.25) is 9.78 Å². The molecule has 2 N–H and O–H groups in total. The molecule has 0 bridgehead atoms. The van der Waals surface area contributed by atoms with Crippen LogP contribution in [-0.2, 0) is 14.8 Å². The lowest BCUT2D eigenvalue weighted by Crippen LogP contribution is -2.28. The van der Waals surface area contributed by atoms with Crippen LogP contribution in [0.2, 0.25) is 0 Å². The summed E-state index contributed by atoms with van der Waals surface area (Å²) in [6, 6.07) is 5.42. The number of hydrogen-bond donors (Lipinski definition) is 2. The largest absolute Gasteiger partial charge is 0.326 e. The van der Waals surface area contributed by atoms with E-state index in [0.29, 0.717) is 11.8 Å². The summed E-state index contributed by atoms with van der Waals surface area (Å²) in [6.07, 6.45) is 2.88. The first-order chi connectivity index (χ1) is 10.9. The molecule has 0 saturated heterocycles. The van der Waals surface area contributed by atoms with Gasteiger partial charge in [-0.15, -0.1) is 0 Å². The first kappa shape index (κ1) is 17.0. The molecule has 9 heteroatoms. The molecule has 23 heavy (non-hydrogen) atoms. The summed E-state index contributed by atoms with van der Waals surface area (Å²) >= 11 is 0. The molecular formula is C14H13F2N3O3S. The summed E-state index contributed by atoms with van der Waals surface area (Å²) in [6.45, 7) is -0.182. The molecule has 0 aliphatic carbocycles. The lowest BCUT2D eigenvalue weighted by molar-refractivity contribution is -0.116. The highest BCUT2D eigenvalue weighted by atomic mass is 32.2. The average molecular weight is 341 g/mol. The molecule has 1 aromatic heterocycles. The molecule has 0 unspecified atom stereocenters. The molecule has 2 aromatic rings. The summed E-state index contributed by atoms with van der Waals surface area (Å²) in [5, 5.41) is 2.56. The second kappa shape index (κ2) is 7.25. The molecule has 122 valence electrons. The van der Waals surface area contributed by atoms with E-state index in [1.165, 1.54) is 12.4 Å². The topological polar surface area (TPSA) is 88.2 Å². The molecule has 2 rings (SSSR count). The van der Waals surface area contributed by atoms with Gasteiger partial charge in [0.2, 0.25) is 15.9 Å². The molecule has 0 aliphatic rings. The Morgan fingerprint density at radius 1 is 1.09 bits per heavy atom. The van der Waals surface area contributed by atoms with E-state index in [1.807, 2.05) is 0 Å². The van der Waals surface area contributed by atoms with Crippen LogP contribution in [0.3, 0.4) is 0 Å². The maximum atomic E-state index is 13.1. The molecule has 0 radical (unpaired) electrons. The van der Waals surface area contributed by atoms with Crippen molar-refractivity contribution in [1.82, 2.24) is 9.71 Å². The molecule has 0 fully saturated rings. The molecule has 0 aliphatic heterocycles. The lowest BCUT2D eigenvalue weighted by atomic mass is 10.3. The van der Waals surface area contributed by atoms with Crippen LogP contribution in [0.25, 0.3) is 0 Å². The zero-order chi connectivity index (χ0) is 16.9. The fourth-order valence-corrected chi connectivity index (χ4v) is 2.73. The number of pyridine rings is 1. The van der Waals surface area contributed by atoms with Gasteiger partial charge in [0.15, 0.2) is 11.6 Å². The van der Waals surface area contributed by atoms with E-state index in [-0.39, 0.29) is 13.0 Å². The van der Waals surface area contributed by atoms with Crippen molar-refractivity contribution >= 4 is 21.6 Å². The van der Waals surface area contributed by atoms with E-state index in [4.69, 9.17) is 0 Å². The van der Waals surface area contributed by atoms with E-state index < -0.39 is 32.5 Å². The Morgan fingerprint density at radius 3 is 2.43 bits per heavy atom. The highest BCUT2D eigenvalue weighted by Gasteiger charge is 2.16. The van der Waals surface area contributed by atoms with Crippen molar-refractivity contribution in [3.63, 3.8) is 0 Å². The van der Waals surface area contributed by atoms with Gasteiger partial charge in [0, 0.05) is 31.0 Å². The molecule has 0 saturated carbocycles. The standard InChI is InChI=1S/C14H13F2N3O3S/c15-12-2-1-11(9-13(12)16)23(21,22)18-8-5-14(20)19-10-3-6-17-7-4-10/h1-4,6-7,9,18H,5,8H2,(H,17,19,20). The van der Waals surface area contributed by atoms with Gasteiger partial charge >= 0.3 is 0 Å². The second-order valence-corrected chi connectivity index (χ2v) is 6.27. The van der Waals surface area contributed by atoms with Crippen LogP contribution in [0.1, 0.15) is 6.42 Å². The highest BCUT2D eigenvalue weighted by molar-refractivity contribution is 7.89. The Morgan fingerprint density at radius 2 is 1.78 bits per heavy atom. The smallest absolute Gasteiger partial charge is 0.240 e. The molecule has 1 amide bonds. The number of hydrogen-bond acceptors (Lipinski definition) is 4. The number of anilines is 1. The van der Waals surface area contributed by atoms with Gasteiger partial charge in [-0.05, 0) is 30.3 Å². The van der Waals surface area contributed by atoms with Crippen LogP contribution < -0.4 is 10.0 Å². The number of rotatable bonds is 6. The van der Waals surface area contributed by atoms with Crippen molar-refractivity contribution in [2.24, 2.45) is 0 Å². The first-order valence-electron chi connectivity index (χ1n) is 6.53. The first-order valence-corrected chi connectivity index (χ1v) is 8.01. The van der Waals surface area contributed by atoms with E-state index in [9.17, 15) is 22.0 Å². The third-order valence-electron chi connectivity index (χ3n) is 2.81. The van der Waals surface area contributed by atoms with Crippen LogP contribution in [0.15, 0.2) is 47.6 Å². The summed E-state index contributed by atoms with van der Waals surface area (Å²) in [5.74, 6) is -2.80. The maximum absolute atomic E-state index is 13.1. The van der Waals surface area contributed by atoms with E-state index >= 15 is 0 Å². The highest BCUT2D eigenvalue weighted by Crippen LogP contribution is 2.13. The average Bonchev–Trinajstić information content (AvgIpc) is 2.50. The van der Waals surface area contributed by atoms with Gasteiger partial charge in [0.25, 0.3) is 0 Å². The van der Waals surface area contributed by atoms with Crippen LogP contribution in [0.4, 0.5) is 14.5 Å². The van der Waals surface area contributed by atoms with Crippen molar-refractivity contribution in [3.05, 3.63) is 54.4 Å². The molecular weight excluding hydrogens is 328 g/mol. The lowest BCUT2D eigenvalue weighted by Gasteiger charge is -2.08. The number of carbonyl (C=O) groups is 1. The zero-order valence-corrected chi connectivity index (χ0v) is 12.6. The fraction of sp³-hybridized carbons (Fsp3) is 0.143.